The zero-order valence-corrected chi connectivity index (χ0v) is 53.0. The first-order chi connectivity index (χ1) is 44.9. The van der Waals surface area contributed by atoms with Crippen LogP contribution in [0, 0.1) is 0 Å². The molecular formula is C62H84N16O15. The maximum atomic E-state index is 14.7. The number of aliphatic hydroxyl groups excluding tert-OH is 6. The quantitative estimate of drug-likeness (QED) is 0.0261. The van der Waals surface area contributed by atoms with Crippen LogP contribution in [0.5, 0.6) is 11.5 Å². The van der Waals surface area contributed by atoms with Crippen LogP contribution in [0.15, 0.2) is 79.3 Å². The number of carbonyl (C=O) groups excluding carboxylic acids is 4. The van der Waals surface area contributed by atoms with Gasteiger partial charge < -0.3 is 85.0 Å². The summed E-state index contributed by atoms with van der Waals surface area (Å²) in [7, 11) is 0. The van der Waals surface area contributed by atoms with Crippen molar-refractivity contribution >= 4 is 35.0 Å². The number of amides is 4. The highest BCUT2D eigenvalue weighted by molar-refractivity contribution is 6.02. The number of anilines is 2. The molecule has 0 radical (unpaired) electrons. The van der Waals surface area contributed by atoms with E-state index in [2.05, 4.69) is 121 Å². The van der Waals surface area contributed by atoms with Crippen molar-refractivity contribution < 1.29 is 73.5 Å². The Hall–Kier alpha value is -8.08. The van der Waals surface area contributed by atoms with E-state index in [1.807, 2.05) is 34.1 Å². The lowest BCUT2D eigenvalue weighted by Crippen LogP contribution is -2.62. The lowest BCUT2D eigenvalue weighted by atomic mass is 9.74. The molecule has 93 heavy (non-hydrogen) atoms. The fourth-order valence-corrected chi connectivity index (χ4v) is 12.8. The zero-order valence-electron chi connectivity index (χ0n) is 53.0. The lowest BCUT2D eigenvalue weighted by Gasteiger charge is -2.44. The molecule has 3 aromatic heterocycles. The molecule has 9 N–H and O–H groups in total. The van der Waals surface area contributed by atoms with E-state index in [1.165, 1.54) is 40.3 Å². The van der Waals surface area contributed by atoms with Crippen LogP contribution in [-0.2, 0) is 65.0 Å². The van der Waals surface area contributed by atoms with Crippen molar-refractivity contribution in [3.8, 4) is 11.5 Å². The third kappa shape index (κ3) is 14.5. The second-order valence-corrected chi connectivity index (χ2v) is 23.3. The number of aromatic nitrogens is 9. The second kappa shape index (κ2) is 30.3. The van der Waals surface area contributed by atoms with Crippen LogP contribution in [-0.4, -0.2) is 237 Å². The molecule has 4 unspecified atom stereocenters. The third-order valence-electron chi connectivity index (χ3n) is 17.3. The number of benzene rings is 3. The molecule has 31 heteroatoms. The van der Waals surface area contributed by atoms with Gasteiger partial charge in [0, 0.05) is 126 Å². The topological polar surface area (TPSA) is 377 Å². The van der Waals surface area contributed by atoms with Gasteiger partial charge in [-0.1, -0.05) is 46.0 Å². The summed E-state index contributed by atoms with van der Waals surface area (Å²) in [5.41, 5.74) is 5.53. The van der Waals surface area contributed by atoms with Gasteiger partial charge in [0.05, 0.1) is 75.7 Å². The molecule has 31 nitrogen and oxygen atoms in total. The van der Waals surface area contributed by atoms with Crippen LogP contribution in [0.3, 0.4) is 0 Å². The smallest absolute Gasteiger partial charge is 0.255 e. The van der Waals surface area contributed by atoms with E-state index < -0.39 is 91.7 Å². The largest absolute Gasteiger partial charge is 0.456 e. The summed E-state index contributed by atoms with van der Waals surface area (Å²) in [6.45, 7) is 14.8. The minimum absolute atomic E-state index is 0.0573. The molecule has 0 saturated carbocycles. The number of ether oxygens (including phenoxy) is 5. The molecule has 4 aliphatic heterocycles. The SMILES string of the molecule is CCN(CC)c1ccc2c(c1)Oc1cc(N(CC)CC)ccc1C21c2ccccc2C(=O)N1CCOCCOCCNC(=O)CCn1cc(CN(Cc2cn([C@H]3OC(CO)[C@@H](O)[C@H](O)C3NC(C)=O)nn2)Cc2cn([C@H]3OC(CO)[C@H](O)[C@@H](O)C3NC(C)=O)nn2)nn1. The highest BCUT2D eigenvalue weighted by Crippen LogP contribution is 2.58. The van der Waals surface area contributed by atoms with Gasteiger partial charge in [0.25, 0.3) is 5.91 Å². The van der Waals surface area contributed by atoms with Crippen molar-refractivity contribution in [1.82, 2.24) is 70.7 Å². The Morgan fingerprint density at radius 1 is 0.613 bits per heavy atom. The van der Waals surface area contributed by atoms with Gasteiger partial charge in [0.15, 0.2) is 12.5 Å². The Bertz CT molecular complexity index is 3370. The summed E-state index contributed by atoms with van der Waals surface area (Å²) >= 11 is 0. The van der Waals surface area contributed by atoms with Crippen LogP contribution >= 0.6 is 0 Å². The number of rotatable bonds is 30. The molecule has 502 valence electrons. The number of hydrogen-bond acceptors (Lipinski definition) is 24. The lowest BCUT2D eigenvalue weighted by molar-refractivity contribution is -0.219. The predicted octanol–water partition coefficient (Wildman–Crippen LogP) is -0.319. The van der Waals surface area contributed by atoms with Gasteiger partial charge in [-0.2, -0.15) is 0 Å². The number of aryl methyl sites for hydroxylation is 1. The minimum Gasteiger partial charge on any atom is -0.456 e. The van der Waals surface area contributed by atoms with Crippen molar-refractivity contribution in [2.45, 2.75) is 141 Å². The Morgan fingerprint density at radius 2 is 1.11 bits per heavy atom. The van der Waals surface area contributed by atoms with E-state index in [0.29, 0.717) is 34.1 Å². The molecule has 4 aliphatic rings. The number of carbonyl (C=O) groups is 4. The molecule has 2 fully saturated rings. The summed E-state index contributed by atoms with van der Waals surface area (Å²) in [6, 6.07) is 18.0. The van der Waals surface area contributed by atoms with Crippen LogP contribution in [0.1, 0.15) is 105 Å². The maximum Gasteiger partial charge on any atom is 0.255 e. The van der Waals surface area contributed by atoms with Crippen LogP contribution in [0.2, 0.25) is 0 Å². The van der Waals surface area contributed by atoms with E-state index >= 15 is 0 Å². The van der Waals surface area contributed by atoms with Gasteiger partial charge in [-0.15, -0.1) is 15.3 Å². The standard InChI is InChI=1S/C62H84N16O15/c1-7-73(8-2)42-15-17-46-48(27-42)91-49-28-43(74(9-3)10-4)16-18-47(49)62(46)45-14-12-11-13-44(45)59(88)76(62)22-24-90-26-25-89-23-20-63-52(83)19-21-75-32-39(66-69-75)29-72(30-40-33-77(70-67-40)60-53(64-37(5)81)57(86)55(84)50(35-79)92-60)31-41-34-78(71-68-41)61-54(65-38(6)82)58(87)56(85)51(36-80)93-61/h11-18,27-28,32-34,50-51,53-58,60-61,79-80,84-87H,7-10,19-26,29-31,35-36H2,1-6H3,(H,63,83)(H,64,81)(H,65,82)/t50?,51?,53?,54?,55-,56+,57-,58+,60-,61-/m0/s1. The summed E-state index contributed by atoms with van der Waals surface area (Å²) in [4.78, 5) is 60.4. The van der Waals surface area contributed by atoms with Crippen molar-refractivity contribution in [3.63, 3.8) is 0 Å². The number of hydrogen-bond donors (Lipinski definition) is 9. The predicted molar refractivity (Wildman–Crippen MR) is 331 cm³/mol. The van der Waals surface area contributed by atoms with Crippen molar-refractivity contribution in [2.24, 2.45) is 0 Å². The highest BCUT2D eigenvalue weighted by atomic mass is 16.6. The van der Waals surface area contributed by atoms with Gasteiger partial charge in [-0.3, -0.25) is 28.8 Å². The first kappa shape index (κ1) is 67.8. The maximum absolute atomic E-state index is 14.7. The van der Waals surface area contributed by atoms with E-state index in [1.54, 1.807) is 6.20 Å². The Morgan fingerprint density at radius 3 is 1.61 bits per heavy atom. The van der Waals surface area contributed by atoms with Gasteiger partial charge in [0.2, 0.25) is 17.7 Å². The number of nitrogens with zero attached hydrogens (tertiary/aromatic N) is 13. The fraction of sp³-hybridized carbons (Fsp3) is 0.548. The average Bonchev–Trinajstić information content (AvgIpc) is 1.58. The Balaban J connectivity index is 0.741. The Labute approximate surface area is 537 Å². The van der Waals surface area contributed by atoms with Crippen LogP contribution < -0.4 is 30.5 Å². The number of nitrogens with one attached hydrogen (secondary N) is 3. The number of fused-ring (bicyclic) bond motifs is 6. The molecule has 4 amide bonds. The van der Waals surface area contributed by atoms with E-state index in [9.17, 15) is 49.8 Å². The zero-order chi connectivity index (χ0) is 66.1. The van der Waals surface area contributed by atoms with Crippen molar-refractivity contribution in [2.75, 3.05) is 88.7 Å². The van der Waals surface area contributed by atoms with Crippen molar-refractivity contribution in [3.05, 3.63) is 119 Å². The molecular weight excluding hydrogens is 1210 g/mol. The van der Waals surface area contributed by atoms with Gasteiger partial charge in [0.1, 0.15) is 65.7 Å². The normalized spacial score (nSPS) is 22.9. The number of aliphatic hydroxyl groups is 6. The molecule has 0 aliphatic carbocycles. The fourth-order valence-electron chi connectivity index (χ4n) is 12.8. The van der Waals surface area contributed by atoms with Gasteiger partial charge in [-0.25, -0.2) is 9.36 Å². The van der Waals surface area contributed by atoms with Crippen LogP contribution in [0.4, 0.5) is 11.4 Å². The molecule has 10 rings (SSSR count). The summed E-state index contributed by atoms with van der Waals surface area (Å²) in [5, 5.41) is 96.7. The van der Waals surface area contributed by atoms with Gasteiger partial charge >= 0.3 is 0 Å². The van der Waals surface area contributed by atoms with E-state index in [-0.39, 0.29) is 83.9 Å². The van der Waals surface area contributed by atoms with E-state index in [0.717, 1.165) is 54.2 Å². The molecule has 2 saturated heterocycles. The molecule has 1 spiro atoms. The molecule has 7 heterocycles. The Kier molecular flexibility index (Phi) is 22.1. The molecule has 10 atom stereocenters. The molecule has 3 aromatic carbocycles. The first-order valence-electron chi connectivity index (χ1n) is 31.5. The highest BCUT2D eigenvalue weighted by Gasteiger charge is 2.56. The average molecular weight is 1290 g/mol. The summed E-state index contributed by atoms with van der Waals surface area (Å²) in [5.74, 6) is -0.000595. The second-order valence-electron chi connectivity index (χ2n) is 23.3. The monoisotopic (exact) mass is 1290 g/mol. The summed E-state index contributed by atoms with van der Waals surface area (Å²) < 4.78 is 34.7. The molecule has 6 aromatic rings. The van der Waals surface area contributed by atoms with E-state index in [4.69, 9.17) is 23.7 Å². The van der Waals surface area contributed by atoms with Gasteiger partial charge in [-0.05, 0) is 51.5 Å². The minimum atomic E-state index is -1.54. The summed E-state index contributed by atoms with van der Waals surface area (Å²) in [6.07, 6.45) is -6.16. The first-order valence-corrected chi connectivity index (χ1v) is 31.5. The molecule has 0 bridgehead atoms. The third-order valence-corrected chi connectivity index (χ3v) is 17.3. The van der Waals surface area contributed by atoms with Crippen molar-refractivity contribution in [1.29, 1.82) is 0 Å². The van der Waals surface area contributed by atoms with Crippen LogP contribution in [0.25, 0.3) is 0 Å².